The van der Waals surface area contributed by atoms with Gasteiger partial charge in [-0.2, -0.15) is 0 Å². The first-order chi connectivity index (χ1) is 11.5. The highest BCUT2D eigenvalue weighted by atomic mass is 35.5. The van der Waals surface area contributed by atoms with Gasteiger partial charge in [0.15, 0.2) is 0 Å². The van der Waals surface area contributed by atoms with Crippen LogP contribution in [0.3, 0.4) is 0 Å². The molecular formula is C18H16ClN3OS. The van der Waals surface area contributed by atoms with Gasteiger partial charge in [-0.25, -0.2) is 4.98 Å². The second kappa shape index (κ2) is 7.20. The summed E-state index contributed by atoms with van der Waals surface area (Å²) in [5.74, 6) is 0.473. The van der Waals surface area contributed by atoms with E-state index in [0.29, 0.717) is 27.0 Å². The van der Waals surface area contributed by atoms with Gasteiger partial charge in [-0.3, -0.25) is 9.78 Å². The van der Waals surface area contributed by atoms with Crippen LogP contribution in [-0.2, 0) is 0 Å². The van der Waals surface area contributed by atoms with Crippen molar-refractivity contribution in [3.05, 3.63) is 63.4 Å². The number of H-pyrrole nitrogens is 1. The molecule has 0 saturated heterocycles. The van der Waals surface area contributed by atoms with Gasteiger partial charge in [0.25, 0.3) is 5.56 Å². The quantitative estimate of drug-likeness (QED) is 0.691. The summed E-state index contributed by atoms with van der Waals surface area (Å²) < 4.78 is 0. The molecule has 0 amide bonds. The molecule has 0 saturated carbocycles. The van der Waals surface area contributed by atoms with Crippen LogP contribution in [0.5, 0.6) is 0 Å². The molecular weight excluding hydrogens is 342 g/mol. The first kappa shape index (κ1) is 16.7. The first-order valence-corrected chi connectivity index (χ1v) is 8.77. The maximum absolute atomic E-state index is 12.1. The van der Waals surface area contributed by atoms with Gasteiger partial charge in [-0.05, 0) is 30.4 Å². The van der Waals surface area contributed by atoms with Crippen LogP contribution in [0, 0.1) is 0 Å². The Hall–Kier alpha value is -2.11. The van der Waals surface area contributed by atoms with Crippen LogP contribution < -0.4 is 5.56 Å². The molecule has 4 nitrogen and oxygen atoms in total. The lowest BCUT2D eigenvalue weighted by Crippen LogP contribution is -2.09. The minimum absolute atomic E-state index is 0.182. The van der Waals surface area contributed by atoms with Gasteiger partial charge in [0.2, 0.25) is 0 Å². The largest absolute Gasteiger partial charge is 0.306 e. The van der Waals surface area contributed by atoms with Crippen LogP contribution >= 0.6 is 23.4 Å². The van der Waals surface area contributed by atoms with Crippen molar-refractivity contribution in [2.75, 3.05) is 0 Å². The Morgan fingerprint density at radius 3 is 2.88 bits per heavy atom. The molecule has 0 fully saturated rings. The van der Waals surface area contributed by atoms with Crippen molar-refractivity contribution in [3.8, 4) is 0 Å². The summed E-state index contributed by atoms with van der Waals surface area (Å²) in [5.41, 5.74) is 1.31. The van der Waals surface area contributed by atoms with E-state index < -0.39 is 0 Å². The zero-order valence-corrected chi connectivity index (χ0v) is 14.9. The van der Waals surface area contributed by atoms with Crippen molar-refractivity contribution in [3.63, 3.8) is 0 Å². The molecule has 0 spiro atoms. The van der Waals surface area contributed by atoms with Gasteiger partial charge in [0.05, 0.1) is 17.1 Å². The Kier molecular flexibility index (Phi) is 5.02. The monoisotopic (exact) mass is 357 g/mol. The lowest BCUT2D eigenvalue weighted by molar-refractivity contribution is 1.11. The topological polar surface area (TPSA) is 58.6 Å². The predicted octanol–water partition coefficient (Wildman–Crippen LogP) is 4.64. The zero-order valence-electron chi connectivity index (χ0n) is 13.3. The van der Waals surface area contributed by atoms with Crippen molar-refractivity contribution in [1.29, 1.82) is 0 Å². The number of nitrogens with zero attached hydrogens (tertiary/aromatic N) is 2. The molecule has 0 radical (unpaired) electrons. The Labute approximate surface area is 149 Å². The van der Waals surface area contributed by atoms with E-state index in [9.17, 15) is 4.79 Å². The average Bonchev–Trinajstić information content (AvgIpc) is 2.54. The van der Waals surface area contributed by atoms with E-state index in [1.807, 2.05) is 24.3 Å². The Morgan fingerprint density at radius 1 is 1.25 bits per heavy atom. The summed E-state index contributed by atoms with van der Waals surface area (Å²) in [6.45, 7) is 4.27. The average molecular weight is 358 g/mol. The first-order valence-electron chi connectivity index (χ1n) is 7.52. The summed E-state index contributed by atoms with van der Waals surface area (Å²) in [4.78, 5) is 24.4. The fourth-order valence-corrected chi connectivity index (χ4v) is 3.55. The Morgan fingerprint density at radius 2 is 2.08 bits per heavy atom. The van der Waals surface area contributed by atoms with E-state index in [2.05, 4.69) is 28.8 Å². The van der Waals surface area contributed by atoms with Crippen LogP contribution in [0.1, 0.15) is 25.2 Å². The lowest BCUT2D eigenvalue weighted by Gasteiger charge is -2.10. The summed E-state index contributed by atoms with van der Waals surface area (Å²) in [6, 6.07) is 7.48. The molecule has 2 heterocycles. The van der Waals surface area contributed by atoms with Crippen LogP contribution in [0.15, 0.2) is 46.3 Å². The minimum atomic E-state index is -0.182. The second-order valence-electron chi connectivity index (χ2n) is 5.50. The molecule has 0 atom stereocenters. The minimum Gasteiger partial charge on any atom is -0.306 e. The number of rotatable bonds is 4. The molecule has 1 aromatic carbocycles. The molecule has 0 aliphatic heterocycles. The van der Waals surface area contributed by atoms with E-state index in [1.54, 1.807) is 36.3 Å². The molecule has 3 rings (SSSR count). The molecule has 0 aliphatic carbocycles. The van der Waals surface area contributed by atoms with Crippen LogP contribution in [-0.4, -0.2) is 20.2 Å². The second-order valence-corrected chi connectivity index (χ2v) is 7.52. The number of fused-ring (bicyclic) bond motifs is 1. The summed E-state index contributed by atoms with van der Waals surface area (Å²) in [6.07, 6.45) is 6.80. The predicted molar refractivity (Wildman–Crippen MR) is 102 cm³/mol. The van der Waals surface area contributed by atoms with E-state index in [0.717, 1.165) is 10.5 Å². The summed E-state index contributed by atoms with van der Waals surface area (Å²) in [7, 11) is 0. The number of thioether (sulfide) groups is 1. The van der Waals surface area contributed by atoms with Crippen LogP contribution in [0.2, 0.25) is 5.02 Å². The number of hydrogen-bond acceptors (Lipinski definition) is 4. The number of aromatic nitrogens is 3. The van der Waals surface area contributed by atoms with Gasteiger partial charge in [0, 0.05) is 26.9 Å². The summed E-state index contributed by atoms with van der Waals surface area (Å²) in [5, 5.41) is 1.64. The van der Waals surface area contributed by atoms with E-state index in [1.165, 1.54) is 0 Å². The zero-order chi connectivity index (χ0) is 17.1. The normalized spacial score (nSPS) is 11.7. The van der Waals surface area contributed by atoms with Gasteiger partial charge in [0.1, 0.15) is 5.82 Å². The summed E-state index contributed by atoms with van der Waals surface area (Å²) >= 11 is 8.08. The van der Waals surface area contributed by atoms with Crippen molar-refractivity contribution in [2.45, 2.75) is 24.0 Å². The molecule has 0 aliphatic rings. The van der Waals surface area contributed by atoms with Crippen molar-refractivity contribution < 1.29 is 0 Å². The Balaban J connectivity index is 2.01. The highest BCUT2D eigenvalue weighted by molar-refractivity contribution is 8.00. The number of hydrogen-bond donors (Lipinski definition) is 1. The number of aromatic amines is 1. The SMILES string of the molecule is CC(C)Sc1cccc(Cl)c1C=Cc1nc2cnccc2c(=O)[nH]1. The van der Waals surface area contributed by atoms with E-state index in [4.69, 9.17) is 11.6 Å². The number of halogens is 1. The molecule has 2 aromatic heterocycles. The lowest BCUT2D eigenvalue weighted by atomic mass is 10.2. The molecule has 0 unspecified atom stereocenters. The highest BCUT2D eigenvalue weighted by Crippen LogP contribution is 2.32. The van der Waals surface area contributed by atoms with Gasteiger partial charge in [-0.15, -0.1) is 11.8 Å². The fraction of sp³-hybridized carbons (Fsp3) is 0.167. The van der Waals surface area contributed by atoms with Crippen molar-refractivity contribution in [1.82, 2.24) is 15.0 Å². The third-order valence-electron chi connectivity index (χ3n) is 3.31. The maximum Gasteiger partial charge on any atom is 0.259 e. The van der Waals surface area contributed by atoms with E-state index >= 15 is 0 Å². The molecule has 24 heavy (non-hydrogen) atoms. The third-order valence-corrected chi connectivity index (χ3v) is 4.72. The Bertz CT molecular complexity index is 966. The van der Waals surface area contributed by atoms with Crippen LogP contribution in [0.4, 0.5) is 0 Å². The van der Waals surface area contributed by atoms with Gasteiger partial charge >= 0.3 is 0 Å². The third kappa shape index (κ3) is 3.68. The molecule has 122 valence electrons. The molecule has 3 aromatic rings. The van der Waals surface area contributed by atoms with Crippen molar-refractivity contribution >= 4 is 46.4 Å². The van der Waals surface area contributed by atoms with Gasteiger partial charge in [-0.1, -0.05) is 31.5 Å². The molecule has 6 heteroatoms. The number of nitrogens with one attached hydrogen (secondary N) is 1. The van der Waals surface area contributed by atoms with Crippen molar-refractivity contribution in [2.24, 2.45) is 0 Å². The van der Waals surface area contributed by atoms with E-state index in [-0.39, 0.29) is 5.56 Å². The molecule has 0 bridgehead atoms. The molecule has 1 N–H and O–H groups in total. The van der Waals surface area contributed by atoms with Gasteiger partial charge < -0.3 is 4.98 Å². The fourth-order valence-electron chi connectivity index (χ4n) is 2.29. The highest BCUT2D eigenvalue weighted by Gasteiger charge is 2.07. The number of benzene rings is 1. The maximum atomic E-state index is 12.1. The standard InChI is InChI=1S/C18H16ClN3OS/c1-11(2)24-16-5-3-4-14(19)12(16)6-7-17-21-15-10-20-9-8-13(15)18(23)22-17/h3-11H,1-2H3,(H,21,22,23). The van der Waals surface area contributed by atoms with Crippen LogP contribution in [0.25, 0.3) is 23.1 Å². The number of pyridine rings is 1. The smallest absolute Gasteiger partial charge is 0.259 e.